The van der Waals surface area contributed by atoms with Gasteiger partial charge in [-0.3, -0.25) is 0 Å². The molecule has 0 aromatic heterocycles. The van der Waals surface area contributed by atoms with E-state index in [-0.39, 0.29) is 24.3 Å². The van der Waals surface area contributed by atoms with Crippen LogP contribution < -0.4 is 5.32 Å². The van der Waals surface area contributed by atoms with Crippen molar-refractivity contribution >= 4 is 16.0 Å². The molecule has 1 aromatic carbocycles. The molecule has 0 atom stereocenters. The molecule has 0 amide bonds. The lowest BCUT2D eigenvalue weighted by atomic mass is 10.2. The number of aliphatic imine (C=N–C) groups is 1. The minimum Gasteiger partial charge on any atom is -0.378 e. The number of nitrogens with one attached hydrogen (secondary N) is 1. The number of hydrogen-bond donors (Lipinski definition) is 1. The second kappa shape index (κ2) is 10.7. The highest BCUT2D eigenvalue weighted by atomic mass is 32.2. The number of halogens is 1. The van der Waals surface area contributed by atoms with Gasteiger partial charge in [0.1, 0.15) is 5.82 Å². The monoisotopic (exact) mass is 414 g/mol. The summed E-state index contributed by atoms with van der Waals surface area (Å²) >= 11 is 0. The number of piperazine rings is 1. The first-order valence-corrected chi connectivity index (χ1v) is 11.3. The molecule has 0 spiro atoms. The van der Waals surface area contributed by atoms with Crippen molar-refractivity contribution in [2.75, 3.05) is 45.1 Å². The van der Waals surface area contributed by atoms with E-state index in [4.69, 9.17) is 4.74 Å². The van der Waals surface area contributed by atoms with Crippen molar-refractivity contribution in [3.63, 3.8) is 0 Å². The molecule has 1 fully saturated rings. The zero-order chi connectivity index (χ0) is 20.6. The molecule has 1 aliphatic rings. The van der Waals surface area contributed by atoms with E-state index in [9.17, 15) is 12.8 Å². The van der Waals surface area contributed by atoms with E-state index in [1.165, 1.54) is 16.4 Å². The first-order valence-electron chi connectivity index (χ1n) is 9.69. The first-order chi connectivity index (χ1) is 13.3. The molecular formula is C19H31FN4O3S. The van der Waals surface area contributed by atoms with Crippen molar-refractivity contribution < 1.29 is 17.5 Å². The average Bonchev–Trinajstić information content (AvgIpc) is 2.66. The fraction of sp³-hybridized carbons (Fsp3) is 0.632. The van der Waals surface area contributed by atoms with Gasteiger partial charge in [0.25, 0.3) is 0 Å². The van der Waals surface area contributed by atoms with Crippen molar-refractivity contribution in [2.24, 2.45) is 4.99 Å². The maximum Gasteiger partial charge on any atom is 0.216 e. The Hall–Kier alpha value is -1.71. The van der Waals surface area contributed by atoms with Gasteiger partial charge in [-0.05, 0) is 38.5 Å². The van der Waals surface area contributed by atoms with Gasteiger partial charge in [-0.1, -0.05) is 12.1 Å². The lowest BCUT2D eigenvalue weighted by Crippen LogP contribution is -2.54. The molecule has 9 heteroatoms. The third kappa shape index (κ3) is 7.03. The second-order valence-corrected chi connectivity index (χ2v) is 9.01. The molecule has 1 N–H and O–H groups in total. The number of hydrogen-bond acceptors (Lipinski definition) is 4. The molecule has 1 aromatic rings. The largest absolute Gasteiger partial charge is 0.378 e. The molecule has 0 aliphatic carbocycles. The Morgan fingerprint density at radius 1 is 1.21 bits per heavy atom. The normalized spacial score (nSPS) is 16.6. The zero-order valence-electron chi connectivity index (χ0n) is 16.9. The Balaban J connectivity index is 1.92. The Kier molecular flexibility index (Phi) is 8.65. The SMILES string of the molecule is CCNC(=NCc1ccc(F)cc1)N1CCN(S(=O)(=O)CCOC(C)C)CC1. The van der Waals surface area contributed by atoms with Gasteiger partial charge in [0.15, 0.2) is 5.96 Å². The lowest BCUT2D eigenvalue weighted by Gasteiger charge is -2.36. The molecule has 0 radical (unpaired) electrons. The summed E-state index contributed by atoms with van der Waals surface area (Å²) in [6.45, 7) is 9.11. The Bertz CT molecular complexity index is 730. The van der Waals surface area contributed by atoms with Crippen LogP contribution in [0.5, 0.6) is 0 Å². The van der Waals surface area contributed by atoms with E-state index in [0.29, 0.717) is 39.3 Å². The number of rotatable bonds is 8. The van der Waals surface area contributed by atoms with Crippen molar-refractivity contribution in [3.05, 3.63) is 35.6 Å². The van der Waals surface area contributed by atoms with Crippen LogP contribution in [0.2, 0.25) is 0 Å². The van der Waals surface area contributed by atoms with Crippen LogP contribution in [-0.2, 0) is 21.3 Å². The van der Waals surface area contributed by atoms with E-state index in [0.717, 1.165) is 11.5 Å². The van der Waals surface area contributed by atoms with Crippen LogP contribution in [-0.4, -0.2) is 74.8 Å². The van der Waals surface area contributed by atoms with Crippen LogP contribution in [0.15, 0.2) is 29.3 Å². The Morgan fingerprint density at radius 2 is 1.86 bits per heavy atom. The summed E-state index contributed by atoms with van der Waals surface area (Å²) in [5.74, 6) is 0.479. The Labute approximate surface area is 167 Å². The van der Waals surface area contributed by atoms with Gasteiger partial charge in [-0.2, -0.15) is 4.31 Å². The molecule has 158 valence electrons. The highest BCUT2D eigenvalue weighted by molar-refractivity contribution is 7.89. The molecule has 1 heterocycles. The van der Waals surface area contributed by atoms with Crippen LogP contribution in [0.25, 0.3) is 0 Å². The second-order valence-electron chi connectivity index (χ2n) is 6.92. The molecule has 1 aliphatic heterocycles. The third-order valence-electron chi connectivity index (χ3n) is 4.38. The lowest BCUT2D eigenvalue weighted by molar-refractivity contribution is 0.0904. The maximum atomic E-state index is 13.0. The number of guanidine groups is 1. The van der Waals surface area contributed by atoms with Crippen molar-refractivity contribution in [3.8, 4) is 0 Å². The van der Waals surface area contributed by atoms with Gasteiger partial charge in [0, 0.05) is 32.7 Å². The predicted molar refractivity (Wildman–Crippen MR) is 109 cm³/mol. The van der Waals surface area contributed by atoms with Crippen molar-refractivity contribution in [2.45, 2.75) is 33.4 Å². The molecular weight excluding hydrogens is 383 g/mol. The molecule has 2 rings (SSSR count). The molecule has 7 nitrogen and oxygen atoms in total. The topological polar surface area (TPSA) is 74.2 Å². The molecule has 0 saturated carbocycles. The van der Waals surface area contributed by atoms with Crippen molar-refractivity contribution in [1.82, 2.24) is 14.5 Å². The summed E-state index contributed by atoms with van der Waals surface area (Å²) in [6, 6.07) is 6.27. The van der Waals surface area contributed by atoms with E-state index in [2.05, 4.69) is 15.2 Å². The summed E-state index contributed by atoms with van der Waals surface area (Å²) in [5.41, 5.74) is 0.920. The van der Waals surface area contributed by atoms with Gasteiger partial charge < -0.3 is 15.0 Å². The molecule has 1 saturated heterocycles. The van der Waals surface area contributed by atoms with Gasteiger partial charge >= 0.3 is 0 Å². The fourth-order valence-electron chi connectivity index (χ4n) is 2.88. The maximum absolute atomic E-state index is 13.0. The fourth-order valence-corrected chi connectivity index (χ4v) is 4.16. The zero-order valence-corrected chi connectivity index (χ0v) is 17.7. The van der Waals surface area contributed by atoms with Crippen LogP contribution in [0.4, 0.5) is 4.39 Å². The summed E-state index contributed by atoms with van der Waals surface area (Å²) in [6.07, 6.45) is 0.0204. The standard InChI is InChI=1S/C19H31FN4O3S/c1-4-21-19(22-15-17-5-7-18(20)8-6-17)23-9-11-24(12-10-23)28(25,26)14-13-27-16(2)3/h5-8,16H,4,9-15H2,1-3H3,(H,21,22). The average molecular weight is 415 g/mol. The van der Waals surface area contributed by atoms with Crippen LogP contribution >= 0.6 is 0 Å². The highest BCUT2D eigenvalue weighted by Crippen LogP contribution is 2.10. The molecule has 0 bridgehead atoms. The molecule has 28 heavy (non-hydrogen) atoms. The van der Waals surface area contributed by atoms with Gasteiger partial charge in [-0.15, -0.1) is 0 Å². The van der Waals surface area contributed by atoms with E-state index >= 15 is 0 Å². The third-order valence-corrected chi connectivity index (χ3v) is 6.22. The quantitative estimate of drug-likeness (QED) is 0.517. The summed E-state index contributed by atoms with van der Waals surface area (Å²) in [4.78, 5) is 6.67. The minimum absolute atomic E-state index is 0.00387. The van der Waals surface area contributed by atoms with Crippen LogP contribution in [0.3, 0.4) is 0 Å². The number of sulfonamides is 1. The number of benzene rings is 1. The number of ether oxygens (including phenoxy) is 1. The Morgan fingerprint density at radius 3 is 2.43 bits per heavy atom. The van der Waals surface area contributed by atoms with Crippen LogP contribution in [0.1, 0.15) is 26.3 Å². The van der Waals surface area contributed by atoms with Gasteiger partial charge in [0.05, 0.1) is 25.0 Å². The van der Waals surface area contributed by atoms with E-state index in [1.807, 2.05) is 20.8 Å². The number of nitrogens with zero attached hydrogens (tertiary/aromatic N) is 3. The van der Waals surface area contributed by atoms with Crippen molar-refractivity contribution in [1.29, 1.82) is 0 Å². The minimum atomic E-state index is -3.31. The first kappa shape index (κ1) is 22.6. The predicted octanol–water partition coefficient (Wildman–Crippen LogP) is 1.66. The van der Waals surface area contributed by atoms with Gasteiger partial charge in [0.2, 0.25) is 10.0 Å². The summed E-state index contributed by atoms with van der Waals surface area (Å²) < 4.78 is 44.8. The van der Waals surface area contributed by atoms with E-state index < -0.39 is 10.0 Å². The van der Waals surface area contributed by atoms with E-state index in [1.54, 1.807) is 12.1 Å². The van der Waals surface area contributed by atoms with Crippen LogP contribution in [0, 0.1) is 5.82 Å². The molecule has 0 unspecified atom stereocenters. The highest BCUT2D eigenvalue weighted by Gasteiger charge is 2.28. The summed E-state index contributed by atoms with van der Waals surface area (Å²) in [7, 11) is -3.31. The van der Waals surface area contributed by atoms with Gasteiger partial charge in [-0.25, -0.2) is 17.8 Å². The smallest absolute Gasteiger partial charge is 0.216 e. The summed E-state index contributed by atoms with van der Waals surface area (Å²) in [5, 5.41) is 3.25.